The van der Waals surface area contributed by atoms with Gasteiger partial charge in [0.2, 0.25) is 0 Å². The molecule has 0 unspecified atom stereocenters. The first kappa shape index (κ1) is 20.7. The van der Waals surface area contributed by atoms with Crippen molar-refractivity contribution in [2.75, 3.05) is 13.7 Å². The standard InChI is InChI=1S/C22H23ClN2O4/c1-4-11-28-18-10-5-15(12-19(18)27-3)13-24-22(26)20-14(2)29-25-21(20)16-6-8-17(23)9-7-16/h5-10,12H,4,11,13H2,1-3H3,(H,24,26). The van der Waals surface area contributed by atoms with Crippen LogP contribution in [0.2, 0.25) is 5.02 Å². The number of aromatic nitrogens is 1. The summed E-state index contributed by atoms with van der Waals surface area (Å²) in [7, 11) is 1.59. The molecule has 3 aromatic rings. The van der Waals surface area contributed by atoms with Crippen LogP contribution in [-0.4, -0.2) is 24.8 Å². The molecule has 0 saturated heterocycles. The highest BCUT2D eigenvalue weighted by Gasteiger charge is 2.21. The van der Waals surface area contributed by atoms with Gasteiger partial charge in [0, 0.05) is 17.1 Å². The molecule has 0 spiro atoms. The summed E-state index contributed by atoms with van der Waals surface area (Å²) in [6, 6.07) is 12.7. The molecule has 0 aliphatic heterocycles. The average Bonchev–Trinajstić information content (AvgIpc) is 3.12. The van der Waals surface area contributed by atoms with Crippen LogP contribution in [0, 0.1) is 6.92 Å². The molecule has 152 valence electrons. The van der Waals surface area contributed by atoms with Crippen molar-refractivity contribution in [3.8, 4) is 22.8 Å². The van der Waals surface area contributed by atoms with Gasteiger partial charge in [-0.2, -0.15) is 0 Å². The van der Waals surface area contributed by atoms with Crippen molar-refractivity contribution in [1.29, 1.82) is 0 Å². The first-order valence-electron chi connectivity index (χ1n) is 9.33. The largest absolute Gasteiger partial charge is 0.493 e. The SMILES string of the molecule is CCCOc1ccc(CNC(=O)c2c(-c3ccc(Cl)cc3)noc2C)cc1OC. The molecular formula is C22H23ClN2O4. The van der Waals surface area contributed by atoms with Gasteiger partial charge in [0.1, 0.15) is 17.0 Å². The maximum atomic E-state index is 12.8. The minimum absolute atomic E-state index is 0.265. The molecule has 0 aliphatic carbocycles. The van der Waals surface area contributed by atoms with E-state index in [4.69, 9.17) is 25.6 Å². The van der Waals surface area contributed by atoms with Crippen LogP contribution in [0.4, 0.5) is 0 Å². The molecule has 0 bridgehead atoms. The molecule has 0 aliphatic rings. The number of nitrogens with one attached hydrogen (secondary N) is 1. The number of ether oxygens (including phenoxy) is 2. The molecule has 7 heteroatoms. The van der Waals surface area contributed by atoms with E-state index in [0.29, 0.717) is 46.7 Å². The lowest BCUT2D eigenvalue weighted by Gasteiger charge is -2.12. The Morgan fingerprint density at radius 2 is 1.93 bits per heavy atom. The summed E-state index contributed by atoms with van der Waals surface area (Å²) in [5.74, 6) is 1.50. The Kier molecular flexibility index (Phi) is 6.77. The molecule has 1 heterocycles. The van der Waals surface area contributed by atoms with E-state index in [1.165, 1.54) is 0 Å². The topological polar surface area (TPSA) is 73.6 Å². The minimum atomic E-state index is -0.265. The van der Waals surface area contributed by atoms with Gasteiger partial charge in [0.15, 0.2) is 11.5 Å². The van der Waals surface area contributed by atoms with Gasteiger partial charge in [0.05, 0.1) is 13.7 Å². The molecule has 0 fully saturated rings. The molecule has 1 N–H and O–H groups in total. The Morgan fingerprint density at radius 1 is 1.17 bits per heavy atom. The lowest BCUT2D eigenvalue weighted by atomic mass is 10.1. The Hall–Kier alpha value is -2.99. The van der Waals surface area contributed by atoms with Crippen molar-refractivity contribution in [1.82, 2.24) is 10.5 Å². The summed E-state index contributed by atoms with van der Waals surface area (Å²) < 4.78 is 16.3. The summed E-state index contributed by atoms with van der Waals surface area (Å²) in [4.78, 5) is 12.8. The second-order valence-electron chi connectivity index (χ2n) is 6.49. The molecule has 0 radical (unpaired) electrons. The summed E-state index contributed by atoms with van der Waals surface area (Å²) in [5, 5.41) is 7.57. The lowest BCUT2D eigenvalue weighted by Crippen LogP contribution is -2.23. The summed E-state index contributed by atoms with van der Waals surface area (Å²) in [5.41, 5.74) is 2.54. The van der Waals surface area contributed by atoms with E-state index < -0.39 is 0 Å². The highest BCUT2D eigenvalue weighted by atomic mass is 35.5. The first-order valence-corrected chi connectivity index (χ1v) is 9.71. The number of hydrogen-bond acceptors (Lipinski definition) is 5. The zero-order valence-corrected chi connectivity index (χ0v) is 17.4. The van der Waals surface area contributed by atoms with Crippen LogP contribution in [-0.2, 0) is 6.54 Å². The third-order valence-corrected chi connectivity index (χ3v) is 4.60. The molecule has 3 rings (SSSR count). The van der Waals surface area contributed by atoms with E-state index in [9.17, 15) is 4.79 Å². The van der Waals surface area contributed by atoms with Gasteiger partial charge >= 0.3 is 0 Å². The smallest absolute Gasteiger partial charge is 0.257 e. The number of halogens is 1. The molecule has 29 heavy (non-hydrogen) atoms. The maximum absolute atomic E-state index is 12.8. The first-order chi connectivity index (χ1) is 14.0. The fourth-order valence-corrected chi connectivity index (χ4v) is 2.99. The van der Waals surface area contributed by atoms with Crippen molar-refractivity contribution in [2.45, 2.75) is 26.8 Å². The number of nitrogens with zero attached hydrogens (tertiary/aromatic N) is 1. The van der Waals surface area contributed by atoms with Gasteiger partial charge in [-0.3, -0.25) is 4.79 Å². The van der Waals surface area contributed by atoms with Crippen LogP contribution in [0.1, 0.15) is 35.0 Å². The van der Waals surface area contributed by atoms with Crippen molar-refractivity contribution in [3.05, 3.63) is 64.4 Å². The number of methoxy groups -OCH3 is 1. The van der Waals surface area contributed by atoms with Crippen molar-refractivity contribution < 1.29 is 18.8 Å². The molecule has 2 aromatic carbocycles. The molecule has 0 atom stereocenters. The van der Waals surface area contributed by atoms with Gasteiger partial charge in [-0.15, -0.1) is 0 Å². The average molecular weight is 415 g/mol. The third kappa shape index (κ3) is 4.90. The molecule has 1 amide bonds. The quantitative estimate of drug-likeness (QED) is 0.559. The predicted octanol–water partition coefficient (Wildman–Crippen LogP) is 5.03. The van der Waals surface area contributed by atoms with Gasteiger partial charge < -0.3 is 19.3 Å². The zero-order chi connectivity index (χ0) is 20.8. The second kappa shape index (κ2) is 9.47. The number of carbonyl (C=O) groups excluding carboxylic acids is 1. The fourth-order valence-electron chi connectivity index (χ4n) is 2.87. The Balaban J connectivity index is 1.75. The minimum Gasteiger partial charge on any atom is -0.493 e. The monoisotopic (exact) mass is 414 g/mol. The zero-order valence-electron chi connectivity index (χ0n) is 16.6. The Labute approximate surface area is 174 Å². The highest BCUT2D eigenvalue weighted by molar-refractivity contribution is 6.30. The summed E-state index contributed by atoms with van der Waals surface area (Å²) >= 11 is 5.95. The Morgan fingerprint density at radius 3 is 2.62 bits per heavy atom. The number of carbonyl (C=O) groups is 1. The number of hydrogen-bond donors (Lipinski definition) is 1. The van der Waals surface area contributed by atoms with E-state index in [2.05, 4.69) is 10.5 Å². The normalized spacial score (nSPS) is 10.6. The third-order valence-electron chi connectivity index (χ3n) is 4.35. The molecule has 1 aromatic heterocycles. The predicted molar refractivity (Wildman–Crippen MR) is 112 cm³/mol. The number of benzene rings is 2. The fraction of sp³-hybridized carbons (Fsp3) is 0.273. The van der Waals surface area contributed by atoms with E-state index in [1.54, 1.807) is 38.3 Å². The van der Waals surface area contributed by atoms with Crippen LogP contribution in [0.3, 0.4) is 0 Å². The van der Waals surface area contributed by atoms with Crippen molar-refractivity contribution >= 4 is 17.5 Å². The van der Waals surface area contributed by atoms with E-state index >= 15 is 0 Å². The van der Waals surface area contributed by atoms with Gasteiger partial charge in [-0.25, -0.2) is 0 Å². The van der Waals surface area contributed by atoms with Crippen LogP contribution >= 0.6 is 11.6 Å². The van der Waals surface area contributed by atoms with Crippen LogP contribution < -0.4 is 14.8 Å². The Bertz CT molecular complexity index is 983. The maximum Gasteiger partial charge on any atom is 0.257 e. The molecule has 0 saturated carbocycles. The lowest BCUT2D eigenvalue weighted by molar-refractivity contribution is 0.0950. The van der Waals surface area contributed by atoms with Crippen molar-refractivity contribution in [2.24, 2.45) is 0 Å². The number of aryl methyl sites for hydroxylation is 1. The van der Waals surface area contributed by atoms with E-state index in [-0.39, 0.29) is 5.91 Å². The van der Waals surface area contributed by atoms with Gasteiger partial charge in [-0.1, -0.05) is 41.9 Å². The molecule has 6 nitrogen and oxygen atoms in total. The summed E-state index contributed by atoms with van der Waals surface area (Å²) in [6.45, 7) is 4.70. The molecular weight excluding hydrogens is 392 g/mol. The van der Waals surface area contributed by atoms with Gasteiger partial charge in [0.25, 0.3) is 5.91 Å². The van der Waals surface area contributed by atoms with E-state index in [1.807, 2.05) is 25.1 Å². The van der Waals surface area contributed by atoms with Gasteiger partial charge in [-0.05, 0) is 43.2 Å². The second-order valence-corrected chi connectivity index (χ2v) is 6.92. The number of rotatable bonds is 8. The van der Waals surface area contributed by atoms with Crippen LogP contribution in [0.15, 0.2) is 47.0 Å². The van der Waals surface area contributed by atoms with Crippen molar-refractivity contribution in [3.63, 3.8) is 0 Å². The van der Waals surface area contributed by atoms with E-state index in [0.717, 1.165) is 17.5 Å². The highest BCUT2D eigenvalue weighted by Crippen LogP contribution is 2.29. The number of amides is 1. The summed E-state index contributed by atoms with van der Waals surface area (Å²) in [6.07, 6.45) is 0.912. The van der Waals surface area contributed by atoms with Crippen LogP contribution in [0.5, 0.6) is 11.5 Å². The van der Waals surface area contributed by atoms with Crippen LogP contribution in [0.25, 0.3) is 11.3 Å².